The predicted molar refractivity (Wildman–Crippen MR) is 111 cm³/mol. The van der Waals surface area contributed by atoms with Crippen molar-refractivity contribution in [1.82, 2.24) is 19.6 Å². The van der Waals surface area contributed by atoms with Crippen molar-refractivity contribution in [3.8, 4) is 5.69 Å². The first-order valence-electron chi connectivity index (χ1n) is 9.20. The van der Waals surface area contributed by atoms with Crippen LogP contribution in [-0.4, -0.2) is 32.0 Å². The van der Waals surface area contributed by atoms with E-state index >= 15 is 0 Å². The predicted octanol–water partition coefficient (Wildman–Crippen LogP) is 4.28. The lowest BCUT2D eigenvalue weighted by atomic mass is 10.1. The highest BCUT2D eigenvalue weighted by Gasteiger charge is 2.27. The molecule has 6 nitrogen and oxygen atoms in total. The number of benzene rings is 1. The van der Waals surface area contributed by atoms with E-state index in [9.17, 15) is 4.79 Å². The fourth-order valence-corrected chi connectivity index (χ4v) is 3.89. The van der Waals surface area contributed by atoms with Gasteiger partial charge < -0.3 is 4.90 Å². The van der Waals surface area contributed by atoms with Gasteiger partial charge in [-0.2, -0.15) is 10.2 Å². The zero-order chi connectivity index (χ0) is 20.0. The van der Waals surface area contributed by atoms with Gasteiger partial charge in [0.2, 0.25) is 5.91 Å². The first-order chi connectivity index (χ1) is 13.4. The number of nitrogens with zero attached hydrogens (tertiary/aromatic N) is 5. The Kier molecular flexibility index (Phi) is 4.93. The molecule has 28 heavy (non-hydrogen) atoms. The molecule has 0 spiro atoms. The van der Waals surface area contributed by atoms with E-state index in [-0.39, 0.29) is 12.5 Å². The Labute approximate surface area is 173 Å². The van der Waals surface area contributed by atoms with Crippen molar-refractivity contribution < 1.29 is 4.79 Å². The number of anilines is 1. The van der Waals surface area contributed by atoms with E-state index in [1.807, 2.05) is 43.7 Å². The van der Waals surface area contributed by atoms with Gasteiger partial charge >= 0.3 is 0 Å². The van der Waals surface area contributed by atoms with Gasteiger partial charge in [-0.25, -0.2) is 4.68 Å². The topological polar surface area (TPSA) is 56.0 Å². The second-order valence-electron chi connectivity index (χ2n) is 7.11. The number of rotatable bonds is 3. The number of hydrogen-bond acceptors (Lipinski definition) is 3. The van der Waals surface area contributed by atoms with Crippen LogP contribution < -0.4 is 4.90 Å². The van der Waals surface area contributed by atoms with Crippen molar-refractivity contribution >= 4 is 34.8 Å². The van der Waals surface area contributed by atoms with Crippen LogP contribution in [0.5, 0.6) is 0 Å². The lowest BCUT2D eigenvalue weighted by molar-refractivity contribution is -0.119. The highest BCUT2D eigenvalue weighted by molar-refractivity contribution is 6.32. The Morgan fingerprint density at radius 1 is 1.21 bits per heavy atom. The molecule has 1 aliphatic rings. The molecule has 146 valence electrons. The number of halogens is 2. The molecule has 8 heteroatoms. The molecule has 0 bridgehead atoms. The molecule has 0 N–H and O–H groups in total. The molecule has 0 aliphatic carbocycles. The van der Waals surface area contributed by atoms with Gasteiger partial charge in [-0.3, -0.25) is 9.48 Å². The first-order valence-corrected chi connectivity index (χ1v) is 9.95. The maximum absolute atomic E-state index is 13.0. The fraction of sp³-hybridized carbons (Fsp3) is 0.350. The number of fused-ring (bicyclic) bond motifs is 1. The number of aryl methyl sites for hydroxylation is 2. The van der Waals surface area contributed by atoms with Crippen molar-refractivity contribution in [1.29, 1.82) is 0 Å². The zero-order valence-corrected chi connectivity index (χ0v) is 17.5. The molecule has 1 aromatic carbocycles. The lowest BCUT2D eigenvalue weighted by Crippen LogP contribution is -2.38. The largest absolute Gasteiger partial charge is 0.308 e. The van der Waals surface area contributed by atoms with Gasteiger partial charge in [0, 0.05) is 11.6 Å². The highest BCUT2D eigenvalue weighted by Crippen LogP contribution is 2.30. The van der Waals surface area contributed by atoms with Gasteiger partial charge in [0.25, 0.3) is 0 Å². The van der Waals surface area contributed by atoms with Crippen molar-refractivity contribution in [2.24, 2.45) is 0 Å². The second-order valence-corrected chi connectivity index (χ2v) is 7.90. The summed E-state index contributed by atoms with van der Waals surface area (Å²) in [6, 6.07) is 5.83. The fourth-order valence-electron chi connectivity index (χ4n) is 3.63. The molecule has 0 saturated carbocycles. The minimum Gasteiger partial charge on any atom is -0.308 e. The van der Waals surface area contributed by atoms with Gasteiger partial charge in [0.15, 0.2) is 0 Å². The Morgan fingerprint density at radius 2 is 2.00 bits per heavy atom. The van der Waals surface area contributed by atoms with E-state index in [4.69, 9.17) is 23.2 Å². The summed E-state index contributed by atoms with van der Waals surface area (Å²) in [7, 11) is 0. The van der Waals surface area contributed by atoms with Gasteiger partial charge in [-0.1, -0.05) is 23.2 Å². The Bertz CT molecular complexity index is 1070. The molecule has 1 aliphatic heterocycles. The quantitative estimate of drug-likeness (QED) is 0.638. The Morgan fingerprint density at radius 3 is 2.68 bits per heavy atom. The summed E-state index contributed by atoms with van der Waals surface area (Å²) in [5.41, 5.74) is 5.37. The van der Waals surface area contributed by atoms with Crippen molar-refractivity contribution in [2.45, 2.75) is 40.2 Å². The molecule has 0 fully saturated rings. The molecule has 3 aromatic rings. The van der Waals surface area contributed by atoms with Crippen molar-refractivity contribution in [2.75, 3.05) is 11.4 Å². The van der Waals surface area contributed by atoms with Gasteiger partial charge in [-0.05, 0) is 57.4 Å². The number of hydrogen-bond donors (Lipinski definition) is 0. The van der Waals surface area contributed by atoms with Crippen LogP contribution in [0.3, 0.4) is 0 Å². The van der Waals surface area contributed by atoms with E-state index < -0.39 is 0 Å². The first kappa shape index (κ1) is 19.0. The minimum absolute atomic E-state index is 0.0185. The molecule has 3 heterocycles. The monoisotopic (exact) mass is 417 g/mol. The molecular weight excluding hydrogens is 397 g/mol. The second kappa shape index (κ2) is 7.26. The van der Waals surface area contributed by atoms with E-state index in [0.29, 0.717) is 11.6 Å². The molecular formula is C20H21Cl2N5O. The minimum atomic E-state index is -0.0185. The summed E-state index contributed by atoms with van der Waals surface area (Å²) >= 11 is 12.4. The summed E-state index contributed by atoms with van der Waals surface area (Å²) < 4.78 is 3.57. The molecule has 2 aromatic heterocycles. The summed E-state index contributed by atoms with van der Waals surface area (Å²) in [5.74, 6) is -0.0185. The normalized spacial score (nSPS) is 13.7. The molecule has 0 unspecified atom stereocenters. The van der Waals surface area contributed by atoms with Crippen LogP contribution in [0.4, 0.5) is 5.69 Å². The number of amides is 1. The third-order valence-electron chi connectivity index (χ3n) is 5.20. The maximum Gasteiger partial charge on any atom is 0.248 e. The molecule has 0 radical (unpaired) electrons. The Hall–Kier alpha value is -2.31. The average Bonchev–Trinajstić information content (AvgIpc) is 3.21. The van der Waals surface area contributed by atoms with E-state index in [1.165, 1.54) is 0 Å². The van der Waals surface area contributed by atoms with Crippen LogP contribution in [0, 0.1) is 20.8 Å². The van der Waals surface area contributed by atoms with E-state index in [2.05, 4.69) is 10.2 Å². The third-order valence-corrected chi connectivity index (χ3v) is 6.17. The lowest BCUT2D eigenvalue weighted by Gasteiger charge is -2.27. The SMILES string of the molecule is Cc1cc(-n2ncc3c2CCCN3C(=O)Cn2nc(C)c(Cl)c2C)ccc1Cl. The number of carbonyl (C=O) groups excluding carboxylic acids is 1. The van der Waals surface area contributed by atoms with Crippen molar-refractivity contribution in [3.63, 3.8) is 0 Å². The summed E-state index contributed by atoms with van der Waals surface area (Å²) in [6.45, 7) is 6.51. The average molecular weight is 418 g/mol. The Balaban J connectivity index is 1.64. The third kappa shape index (κ3) is 3.20. The van der Waals surface area contributed by atoms with E-state index in [1.54, 1.807) is 15.8 Å². The van der Waals surface area contributed by atoms with Crippen LogP contribution in [0.2, 0.25) is 10.0 Å². The van der Waals surface area contributed by atoms with Crippen LogP contribution in [-0.2, 0) is 17.8 Å². The molecule has 1 amide bonds. The van der Waals surface area contributed by atoms with Gasteiger partial charge in [-0.15, -0.1) is 0 Å². The van der Waals surface area contributed by atoms with Crippen LogP contribution in [0.25, 0.3) is 5.69 Å². The maximum atomic E-state index is 13.0. The standard InChI is InChI=1S/C20H21Cl2N5O/c1-12-9-15(6-7-16(12)21)27-17-5-4-8-25(18(17)10-23-27)19(28)11-26-14(3)20(22)13(2)24-26/h6-7,9-10H,4-5,8,11H2,1-3H3. The zero-order valence-electron chi connectivity index (χ0n) is 16.0. The smallest absolute Gasteiger partial charge is 0.248 e. The summed E-state index contributed by atoms with van der Waals surface area (Å²) in [6.07, 6.45) is 3.52. The molecule has 0 atom stereocenters. The van der Waals surface area contributed by atoms with Gasteiger partial charge in [0.05, 0.1) is 39.7 Å². The molecule has 0 saturated heterocycles. The van der Waals surface area contributed by atoms with E-state index in [0.717, 1.165) is 51.9 Å². The van der Waals surface area contributed by atoms with Crippen LogP contribution >= 0.6 is 23.2 Å². The summed E-state index contributed by atoms with van der Waals surface area (Å²) in [5, 5.41) is 10.3. The molecule has 4 rings (SSSR count). The van der Waals surface area contributed by atoms with Gasteiger partial charge in [0.1, 0.15) is 6.54 Å². The van der Waals surface area contributed by atoms with Crippen molar-refractivity contribution in [3.05, 3.63) is 57.1 Å². The highest BCUT2D eigenvalue weighted by atomic mass is 35.5. The van der Waals surface area contributed by atoms with Crippen LogP contribution in [0.15, 0.2) is 24.4 Å². The van der Waals surface area contributed by atoms with Crippen LogP contribution in [0.1, 0.15) is 29.1 Å². The summed E-state index contributed by atoms with van der Waals surface area (Å²) in [4.78, 5) is 14.8. The number of carbonyl (C=O) groups is 1. The number of aromatic nitrogens is 4.